The SMILES string of the molecule is CNc1nc(Cl)nc(N)c1C(N)=O. The summed E-state index contributed by atoms with van der Waals surface area (Å²) in [5, 5.41) is 2.61. The summed E-state index contributed by atoms with van der Waals surface area (Å²) in [5.74, 6) is -0.500. The van der Waals surface area contributed by atoms with Crippen LogP contribution < -0.4 is 16.8 Å². The Labute approximate surface area is 79.3 Å². The molecule has 1 heterocycles. The topological polar surface area (TPSA) is 107 Å². The molecule has 0 aliphatic rings. The van der Waals surface area contributed by atoms with Crippen molar-refractivity contribution in [3.8, 4) is 0 Å². The lowest BCUT2D eigenvalue weighted by molar-refractivity contribution is 0.100. The second-order valence-electron chi connectivity index (χ2n) is 2.22. The van der Waals surface area contributed by atoms with Crippen LogP contribution in [0.15, 0.2) is 0 Å². The fraction of sp³-hybridized carbons (Fsp3) is 0.167. The first-order chi connectivity index (χ1) is 6.06. The number of nitrogens with zero attached hydrogens (tertiary/aromatic N) is 2. The summed E-state index contributed by atoms with van der Waals surface area (Å²) in [4.78, 5) is 18.2. The molecule has 0 saturated heterocycles. The largest absolute Gasteiger partial charge is 0.383 e. The normalized spacial score (nSPS) is 9.69. The van der Waals surface area contributed by atoms with Crippen molar-refractivity contribution in [2.24, 2.45) is 5.73 Å². The Morgan fingerprint density at radius 1 is 1.54 bits per heavy atom. The van der Waals surface area contributed by atoms with Gasteiger partial charge in [-0.3, -0.25) is 4.79 Å². The molecule has 0 fully saturated rings. The smallest absolute Gasteiger partial charge is 0.256 e. The molecule has 0 unspecified atom stereocenters. The van der Waals surface area contributed by atoms with Crippen molar-refractivity contribution in [2.75, 3.05) is 18.1 Å². The number of nitrogens with one attached hydrogen (secondary N) is 1. The molecule has 0 aromatic carbocycles. The van der Waals surface area contributed by atoms with Gasteiger partial charge in [0.05, 0.1) is 0 Å². The Bertz CT molecular complexity index is 353. The molecular weight excluding hydrogens is 194 g/mol. The summed E-state index contributed by atoms with van der Waals surface area (Å²) in [6.45, 7) is 0. The average molecular weight is 202 g/mol. The van der Waals surface area contributed by atoms with Crippen LogP contribution in [0.4, 0.5) is 11.6 Å². The fourth-order valence-electron chi connectivity index (χ4n) is 0.874. The summed E-state index contributed by atoms with van der Waals surface area (Å²) in [5.41, 5.74) is 10.5. The highest BCUT2D eigenvalue weighted by Gasteiger charge is 2.15. The number of carbonyl (C=O) groups excluding carboxylic acids is 1. The number of amides is 1. The standard InChI is InChI=1S/C6H8ClN5O/c1-10-5-2(4(9)13)3(8)11-6(7)12-5/h1H3,(H2,9,13)(H3,8,10,11,12). The number of rotatable bonds is 2. The van der Waals surface area contributed by atoms with Crippen LogP contribution in [-0.4, -0.2) is 22.9 Å². The molecule has 7 heteroatoms. The van der Waals surface area contributed by atoms with Crippen molar-refractivity contribution in [3.63, 3.8) is 0 Å². The molecule has 0 saturated carbocycles. The van der Waals surface area contributed by atoms with E-state index in [1.54, 1.807) is 7.05 Å². The van der Waals surface area contributed by atoms with Crippen LogP contribution in [0.1, 0.15) is 10.4 Å². The summed E-state index contributed by atoms with van der Waals surface area (Å²) >= 11 is 5.51. The minimum absolute atomic E-state index is 0.0307. The van der Waals surface area contributed by atoms with E-state index in [0.717, 1.165) is 0 Å². The van der Waals surface area contributed by atoms with E-state index in [4.69, 9.17) is 23.1 Å². The maximum absolute atomic E-state index is 10.9. The highest BCUT2D eigenvalue weighted by molar-refractivity contribution is 6.28. The molecule has 5 N–H and O–H groups in total. The molecule has 1 aromatic heterocycles. The van der Waals surface area contributed by atoms with Crippen LogP contribution in [-0.2, 0) is 0 Å². The Morgan fingerprint density at radius 3 is 2.62 bits per heavy atom. The van der Waals surface area contributed by atoms with Crippen LogP contribution in [0, 0.1) is 0 Å². The predicted octanol–water partition coefficient (Wildman–Crippen LogP) is -0.147. The van der Waals surface area contributed by atoms with Gasteiger partial charge in [0.25, 0.3) is 5.91 Å². The van der Waals surface area contributed by atoms with Gasteiger partial charge in [-0.05, 0) is 11.6 Å². The van der Waals surface area contributed by atoms with Gasteiger partial charge in [0.2, 0.25) is 5.28 Å². The second-order valence-corrected chi connectivity index (χ2v) is 2.55. The van der Waals surface area contributed by atoms with Crippen molar-refractivity contribution in [1.29, 1.82) is 0 Å². The third-order valence-electron chi connectivity index (χ3n) is 1.39. The third kappa shape index (κ3) is 1.78. The Morgan fingerprint density at radius 2 is 2.15 bits per heavy atom. The van der Waals surface area contributed by atoms with Crippen molar-refractivity contribution in [2.45, 2.75) is 0 Å². The van der Waals surface area contributed by atoms with Crippen molar-refractivity contribution in [3.05, 3.63) is 10.8 Å². The minimum Gasteiger partial charge on any atom is -0.383 e. The maximum atomic E-state index is 10.9. The lowest BCUT2D eigenvalue weighted by Crippen LogP contribution is -2.18. The number of halogens is 1. The van der Waals surface area contributed by atoms with Gasteiger partial charge in [-0.1, -0.05) is 0 Å². The van der Waals surface area contributed by atoms with E-state index in [0.29, 0.717) is 0 Å². The third-order valence-corrected chi connectivity index (χ3v) is 1.56. The lowest BCUT2D eigenvalue weighted by atomic mass is 10.2. The number of hydrogen-bond acceptors (Lipinski definition) is 5. The van der Waals surface area contributed by atoms with Gasteiger partial charge in [0, 0.05) is 7.05 Å². The number of primary amides is 1. The van der Waals surface area contributed by atoms with Gasteiger partial charge >= 0.3 is 0 Å². The van der Waals surface area contributed by atoms with E-state index in [-0.39, 0.29) is 22.5 Å². The second kappa shape index (κ2) is 3.44. The molecule has 0 aliphatic heterocycles. The Balaban J connectivity index is 3.38. The van der Waals surface area contributed by atoms with Gasteiger partial charge in [0.1, 0.15) is 17.2 Å². The van der Waals surface area contributed by atoms with E-state index in [2.05, 4.69) is 15.3 Å². The molecule has 6 nitrogen and oxygen atoms in total. The molecule has 0 radical (unpaired) electrons. The molecule has 0 bridgehead atoms. The summed E-state index contributed by atoms with van der Waals surface area (Å²) < 4.78 is 0. The molecule has 1 aromatic rings. The monoisotopic (exact) mass is 201 g/mol. The number of hydrogen-bond donors (Lipinski definition) is 3. The summed E-state index contributed by atoms with van der Waals surface area (Å²) in [7, 11) is 1.57. The molecule has 13 heavy (non-hydrogen) atoms. The van der Waals surface area contributed by atoms with Crippen LogP contribution >= 0.6 is 11.6 Å². The summed E-state index contributed by atoms with van der Waals surface area (Å²) in [6, 6.07) is 0. The zero-order valence-corrected chi connectivity index (χ0v) is 7.59. The molecule has 0 spiro atoms. The van der Waals surface area contributed by atoms with Crippen LogP contribution in [0.3, 0.4) is 0 Å². The quantitative estimate of drug-likeness (QED) is 0.577. The van der Waals surface area contributed by atoms with Crippen molar-refractivity contribution >= 4 is 29.1 Å². The van der Waals surface area contributed by atoms with Gasteiger partial charge in [0.15, 0.2) is 0 Å². The van der Waals surface area contributed by atoms with Gasteiger partial charge in [-0.25, -0.2) is 4.98 Å². The zero-order chi connectivity index (χ0) is 10.0. The average Bonchev–Trinajstić information content (AvgIpc) is 2.01. The first-order valence-corrected chi connectivity index (χ1v) is 3.74. The van der Waals surface area contributed by atoms with Gasteiger partial charge < -0.3 is 16.8 Å². The lowest BCUT2D eigenvalue weighted by Gasteiger charge is -2.06. The highest BCUT2D eigenvalue weighted by atomic mass is 35.5. The minimum atomic E-state index is -0.696. The number of carbonyl (C=O) groups is 1. The molecular formula is C6H8ClN5O. The van der Waals surface area contributed by atoms with Gasteiger partial charge in [-0.2, -0.15) is 4.98 Å². The number of aromatic nitrogens is 2. The summed E-state index contributed by atoms with van der Waals surface area (Å²) in [6.07, 6.45) is 0. The Hall–Kier alpha value is -1.56. The molecule has 70 valence electrons. The van der Waals surface area contributed by atoms with E-state index >= 15 is 0 Å². The number of anilines is 2. The first-order valence-electron chi connectivity index (χ1n) is 3.36. The van der Waals surface area contributed by atoms with Crippen LogP contribution in [0.25, 0.3) is 0 Å². The van der Waals surface area contributed by atoms with Crippen LogP contribution in [0.5, 0.6) is 0 Å². The van der Waals surface area contributed by atoms with Crippen LogP contribution in [0.2, 0.25) is 5.28 Å². The number of nitrogen functional groups attached to an aromatic ring is 1. The zero-order valence-electron chi connectivity index (χ0n) is 6.84. The van der Waals surface area contributed by atoms with Crippen molar-refractivity contribution < 1.29 is 4.79 Å². The molecule has 0 atom stereocenters. The first kappa shape index (κ1) is 9.53. The predicted molar refractivity (Wildman–Crippen MR) is 49.5 cm³/mol. The highest BCUT2D eigenvalue weighted by Crippen LogP contribution is 2.19. The number of nitrogens with two attached hydrogens (primary N) is 2. The molecule has 0 aliphatic carbocycles. The van der Waals surface area contributed by atoms with E-state index in [1.807, 2.05) is 0 Å². The van der Waals surface area contributed by atoms with E-state index < -0.39 is 5.91 Å². The van der Waals surface area contributed by atoms with Crippen molar-refractivity contribution in [1.82, 2.24) is 9.97 Å². The Kier molecular flexibility index (Phi) is 2.52. The van der Waals surface area contributed by atoms with E-state index in [1.165, 1.54) is 0 Å². The maximum Gasteiger partial charge on any atom is 0.256 e. The molecule has 1 amide bonds. The van der Waals surface area contributed by atoms with Gasteiger partial charge in [-0.15, -0.1) is 0 Å². The molecule has 1 rings (SSSR count). The van der Waals surface area contributed by atoms with E-state index in [9.17, 15) is 4.79 Å². The fourth-order valence-corrected chi connectivity index (χ4v) is 1.05.